The molecule has 0 unspecified atom stereocenters. The summed E-state index contributed by atoms with van der Waals surface area (Å²) < 4.78 is 0. The molecule has 0 aromatic heterocycles. The minimum Gasteiger partial charge on any atom is -0.481 e. The maximum absolute atomic E-state index is 10.3. The first-order valence-electron chi connectivity index (χ1n) is 8.82. The van der Waals surface area contributed by atoms with Crippen molar-refractivity contribution in [2.45, 2.75) is 96.2 Å². The Hall–Kier alpha value is -0.870. The lowest BCUT2D eigenvalue weighted by Gasteiger charge is -2.17. The number of carboxylic acid groups (broad SMARTS) is 1. The second-order valence-corrected chi connectivity index (χ2v) is 6.15. The lowest BCUT2D eigenvalue weighted by Crippen LogP contribution is -2.24. The van der Waals surface area contributed by atoms with Gasteiger partial charge in [-0.2, -0.15) is 0 Å². The number of rotatable bonds is 15. The van der Waals surface area contributed by atoms with Gasteiger partial charge in [-0.25, -0.2) is 0 Å². The van der Waals surface area contributed by atoms with Crippen molar-refractivity contribution in [3.05, 3.63) is 12.2 Å². The zero-order chi connectivity index (χ0) is 16.7. The van der Waals surface area contributed by atoms with E-state index in [4.69, 9.17) is 5.11 Å². The maximum Gasteiger partial charge on any atom is 0.303 e. The topological polar surface area (TPSA) is 77.8 Å². The van der Waals surface area contributed by atoms with E-state index in [2.05, 4.69) is 6.92 Å². The molecule has 3 N–H and O–H groups in total. The Labute approximate surface area is 135 Å². The molecule has 0 atom stereocenters. The molecule has 0 fully saturated rings. The van der Waals surface area contributed by atoms with Crippen LogP contribution in [0.2, 0.25) is 0 Å². The third-order valence-electron chi connectivity index (χ3n) is 3.79. The fourth-order valence-corrected chi connectivity index (χ4v) is 2.41. The van der Waals surface area contributed by atoms with E-state index < -0.39 is 11.8 Å². The van der Waals surface area contributed by atoms with E-state index in [0.29, 0.717) is 6.42 Å². The smallest absolute Gasteiger partial charge is 0.303 e. The number of aliphatic hydroxyl groups is 2. The summed E-state index contributed by atoms with van der Waals surface area (Å²) >= 11 is 0. The lowest BCUT2D eigenvalue weighted by molar-refractivity contribution is -0.137. The third kappa shape index (κ3) is 15.5. The van der Waals surface area contributed by atoms with Gasteiger partial charge in [-0.3, -0.25) is 4.79 Å². The van der Waals surface area contributed by atoms with Crippen molar-refractivity contribution >= 4 is 5.97 Å². The number of hydrogen-bond acceptors (Lipinski definition) is 3. The molecule has 0 rings (SSSR count). The average Bonchev–Trinajstić information content (AvgIpc) is 2.45. The minimum absolute atomic E-state index is 0.241. The highest BCUT2D eigenvalue weighted by molar-refractivity contribution is 5.66. The van der Waals surface area contributed by atoms with Crippen molar-refractivity contribution in [3.63, 3.8) is 0 Å². The quantitative estimate of drug-likeness (QED) is 0.238. The van der Waals surface area contributed by atoms with Gasteiger partial charge in [-0.05, 0) is 31.8 Å². The number of hydrogen-bond donors (Lipinski definition) is 3. The van der Waals surface area contributed by atoms with E-state index in [1.807, 2.05) is 6.08 Å². The Kier molecular flexibility index (Phi) is 13.2. The molecule has 0 aromatic carbocycles. The first-order chi connectivity index (χ1) is 10.5. The SMILES string of the molecule is CCCCCCCCC(O)(O)/C=C/CCCCCCC(=O)O. The minimum atomic E-state index is -1.67. The molecule has 0 aliphatic heterocycles. The first-order valence-corrected chi connectivity index (χ1v) is 8.82. The second-order valence-electron chi connectivity index (χ2n) is 6.15. The Morgan fingerprint density at radius 3 is 2.18 bits per heavy atom. The molecule has 4 nitrogen and oxygen atoms in total. The Balaban J connectivity index is 3.53. The van der Waals surface area contributed by atoms with Crippen molar-refractivity contribution in [2.24, 2.45) is 0 Å². The van der Waals surface area contributed by atoms with E-state index in [9.17, 15) is 15.0 Å². The van der Waals surface area contributed by atoms with Crippen LogP contribution in [-0.4, -0.2) is 27.1 Å². The number of aliphatic carboxylic acids is 1. The molecule has 0 spiro atoms. The van der Waals surface area contributed by atoms with E-state index in [1.165, 1.54) is 31.8 Å². The lowest BCUT2D eigenvalue weighted by atomic mass is 10.0. The molecule has 0 bridgehead atoms. The number of carbonyl (C=O) groups is 1. The van der Waals surface area contributed by atoms with Crippen molar-refractivity contribution < 1.29 is 20.1 Å². The largest absolute Gasteiger partial charge is 0.481 e. The molecule has 0 saturated carbocycles. The van der Waals surface area contributed by atoms with E-state index >= 15 is 0 Å². The summed E-state index contributed by atoms with van der Waals surface area (Å²) in [5.74, 6) is -2.41. The van der Waals surface area contributed by atoms with Gasteiger partial charge in [0.05, 0.1) is 0 Å². The molecule has 4 heteroatoms. The zero-order valence-electron chi connectivity index (χ0n) is 14.1. The fourth-order valence-electron chi connectivity index (χ4n) is 2.41. The summed E-state index contributed by atoms with van der Waals surface area (Å²) in [6, 6.07) is 0. The second kappa shape index (κ2) is 13.8. The van der Waals surface area contributed by atoms with Crippen LogP contribution >= 0.6 is 0 Å². The van der Waals surface area contributed by atoms with Crippen LogP contribution in [-0.2, 0) is 4.79 Å². The normalized spacial score (nSPS) is 12.1. The van der Waals surface area contributed by atoms with E-state index in [0.717, 1.165) is 44.9 Å². The molecule has 0 heterocycles. The van der Waals surface area contributed by atoms with Crippen LogP contribution in [0.25, 0.3) is 0 Å². The standard InChI is InChI=1S/C18H34O4/c1-2-3-4-5-9-12-15-18(21,22)16-13-10-7-6-8-11-14-17(19)20/h13,16,21-22H,2-12,14-15H2,1H3,(H,19,20)/b16-13+. The van der Waals surface area contributed by atoms with Crippen LogP contribution in [0.1, 0.15) is 90.4 Å². The summed E-state index contributed by atoms with van der Waals surface area (Å²) in [4.78, 5) is 10.3. The highest BCUT2D eigenvalue weighted by Gasteiger charge is 2.17. The Morgan fingerprint density at radius 1 is 0.909 bits per heavy atom. The molecule has 130 valence electrons. The number of carboxylic acids is 1. The van der Waals surface area contributed by atoms with Gasteiger partial charge in [-0.1, -0.05) is 57.9 Å². The van der Waals surface area contributed by atoms with Gasteiger partial charge in [0, 0.05) is 12.8 Å². The highest BCUT2D eigenvalue weighted by Crippen LogP contribution is 2.16. The highest BCUT2D eigenvalue weighted by atomic mass is 16.5. The molecule has 0 aliphatic carbocycles. The molecule has 22 heavy (non-hydrogen) atoms. The molecule has 0 saturated heterocycles. The zero-order valence-corrected chi connectivity index (χ0v) is 14.1. The molecule has 0 aromatic rings. The average molecular weight is 314 g/mol. The molecule has 0 aliphatic rings. The summed E-state index contributed by atoms with van der Waals surface area (Å²) in [7, 11) is 0. The molecule has 0 amide bonds. The van der Waals surface area contributed by atoms with Gasteiger partial charge < -0.3 is 15.3 Å². The predicted octanol–water partition coefficient (Wildman–Crippen LogP) is 4.40. The summed E-state index contributed by atoms with van der Waals surface area (Å²) in [5, 5.41) is 28.2. The molecule has 0 radical (unpaired) electrons. The molecular formula is C18H34O4. The monoisotopic (exact) mass is 314 g/mol. The molecular weight excluding hydrogens is 280 g/mol. The van der Waals surface area contributed by atoms with E-state index in [-0.39, 0.29) is 6.42 Å². The van der Waals surface area contributed by atoms with Crippen LogP contribution in [0.5, 0.6) is 0 Å². The van der Waals surface area contributed by atoms with Crippen molar-refractivity contribution in [1.29, 1.82) is 0 Å². The van der Waals surface area contributed by atoms with Crippen molar-refractivity contribution in [3.8, 4) is 0 Å². The fraction of sp³-hybridized carbons (Fsp3) is 0.833. The van der Waals surface area contributed by atoms with Crippen LogP contribution in [0.15, 0.2) is 12.2 Å². The van der Waals surface area contributed by atoms with Gasteiger partial charge in [0.25, 0.3) is 0 Å². The number of allylic oxidation sites excluding steroid dienone is 1. The summed E-state index contributed by atoms with van der Waals surface area (Å²) in [5.41, 5.74) is 0. The third-order valence-corrected chi connectivity index (χ3v) is 3.79. The maximum atomic E-state index is 10.3. The van der Waals surface area contributed by atoms with Gasteiger partial charge in [-0.15, -0.1) is 0 Å². The van der Waals surface area contributed by atoms with Crippen LogP contribution in [0.3, 0.4) is 0 Å². The Bertz CT molecular complexity index is 297. The first kappa shape index (κ1) is 21.1. The van der Waals surface area contributed by atoms with Gasteiger partial charge >= 0.3 is 5.97 Å². The number of unbranched alkanes of at least 4 members (excludes halogenated alkanes) is 9. The Morgan fingerprint density at radius 2 is 1.50 bits per heavy atom. The van der Waals surface area contributed by atoms with Crippen LogP contribution in [0, 0.1) is 0 Å². The van der Waals surface area contributed by atoms with Gasteiger partial charge in [0.1, 0.15) is 0 Å². The summed E-state index contributed by atoms with van der Waals surface area (Å²) in [6.45, 7) is 2.18. The predicted molar refractivity (Wildman–Crippen MR) is 89.6 cm³/mol. The van der Waals surface area contributed by atoms with Crippen molar-refractivity contribution in [2.75, 3.05) is 0 Å². The van der Waals surface area contributed by atoms with Gasteiger partial charge in [0.2, 0.25) is 0 Å². The van der Waals surface area contributed by atoms with E-state index in [1.54, 1.807) is 0 Å². The van der Waals surface area contributed by atoms with Crippen molar-refractivity contribution in [1.82, 2.24) is 0 Å². The summed E-state index contributed by atoms with van der Waals surface area (Å²) in [6.07, 6.45) is 15.2. The van der Waals surface area contributed by atoms with Crippen LogP contribution < -0.4 is 0 Å². The van der Waals surface area contributed by atoms with Crippen LogP contribution in [0.4, 0.5) is 0 Å². The van der Waals surface area contributed by atoms with Gasteiger partial charge in [0.15, 0.2) is 5.79 Å².